The lowest BCUT2D eigenvalue weighted by molar-refractivity contribution is -0.908. The third-order valence-electron chi connectivity index (χ3n) is 6.64. The second kappa shape index (κ2) is 7.17. The molecule has 1 aliphatic carbocycles. The lowest BCUT2D eigenvalue weighted by Gasteiger charge is -2.53. The fraction of sp³-hybridized carbons (Fsp3) is 0.500. The summed E-state index contributed by atoms with van der Waals surface area (Å²) in [5.41, 5.74) is 1.57. The fourth-order valence-corrected chi connectivity index (χ4v) is 5.13. The molecule has 0 spiro atoms. The first-order valence-corrected chi connectivity index (χ1v) is 9.90. The van der Waals surface area contributed by atoms with E-state index in [2.05, 4.69) is 89.6 Å². The maximum atomic E-state index is 12.2. The van der Waals surface area contributed by atoms with Crippen LogP contribution < -0.4 is 0 Å². The first-order chi connectivity index (χ1) is 12.3. The van der Waals surface area contributed by atoms with Crippen molar-refractivity contribution in [2.24, 2.45) is 17.8 Å². The minimum Gasteiger partial charge on any atom is -0.384 e. The molecule has 140 valence electrons. The molecule has 0 aliphatic heterocycles. The van der Waals surface area contributed by atoms with Crippen LogP contribution in [-0.2, 0) is 5.60 Å². The Bertz CT molecular complexity index is 706. The van der Waals surface area contributed by atoms with E-state index in [1.807, 2.05) is 6.07 Å². The molecular formula is C24H34NO+. The Labute approximate surface area is 159 Å². The van der Waals surface area contributed by atoms with Crippen molar-refractivity contribution in [2.75, 3.05) is 21.1 Å². The predicted molar refractivity (Wildman–Crippen MR) is 109 cm³/mol. The minimum absolute atomic E-state index is 0.179. The first-order valence-electron chi connectivity index (χ1n) is 9.90. The molecule has 2 nitrogen and oxygen atoms in total. The van der Waals surface area contributed by atoms with Crippen LogP contribution in [0.3, 0.4) is 0 Å². The Morgan fingerprint density at radius 2 is 1.42 bits per heavy atom. The summed E-state index contributed by atoms with van der Waals surface area (Å²) in [6.45, 7) is 4.53. The molecule has 0 amide bonds. The summed E-state index contributed by atoms with van der Waals surface area (Å²) in [6, 6.07) is 21.4. The molecule has 1 N–H and O–H groups in total. The Morgan fingerprint density at radius 3 is 1.96 bits per heavy atom. The maximum absolute atomic E-state index is 12.2. The largest absolute Gasteiger partial charge is 0.384 e. The Balaban J connectivity index is 2.15. The standard InChI is InChI=1S/C24H34NO/c1-18-16-17-22(23(25(3,4)5)20-12-8-6-9-13-20)24(26,19(18)2)21-14-10-7-11-15-21/h6-15,18-19,22-23,26H,16-17H2,1-5H3/q+1/t18-,19-,22?,23-,24-/m0/s1. The molecule has 2 aromatic rings. The van der Waals surface area contributed by atoms with Crippen molar-refractivity contribution in [1.29, 1.82) is 0 Å². The van der Waals surface area contributed by atoms with Gasteiger partial charge in [-0.25, -0.2) is 0 Å². The van der Waals surface area contributed by atoms with E-state index in [1.54, 1.807) is 0 Å². The normalized spacial score (nSPS) is 30.8. The van der Waals surface area contributed by atoms with E-state index >= 15 is 0 Å². The van der Waals surface area contributed by atoms with Crippen molar-refractivity contribution in [2.45, 2.75) is 38.3 Å². The van der Waals surface area contributed by atoms with Crippen molar-refractivity contribution in [3.63, 3.8) is 0 Å². The zero-order valence-electron chi connectivity index (χ0n) is 16.9. The monoisotopic (exact) mass is 352 g/mol. The third-order valence-corrected chi connectivity index (χ3v) is 6.64. The van der Waals surface area contributed by atoms with Crippen LogP contribution in [0.25, 0.3) is 0 Å². The van der Waals surface area contributed by atoms with Gasteiger partial charge in [-0.05, 0) is 30.2 Å². The number of rotatable bonds is 4. The Morgan fingerprint density at radius 1 is 0.885 bits per heavy atom. The van der Waals surface area contributed by atoms with Crippen LogP contribution in [0.2, 0.25) is 0 Å². The van der Waals surface area contributed by atoms with Gasteiger partial charge >= 0.3 is 0 Å². The minimum atomic E-state index is -0.815. The summed E-state index contributed by atoms with van der Waals surface area (Å²) < 4.78 is 0.810. The molecule has 0 bridgehead atoms. The highest BCUT2D eigenvalue weighted by Crippen LogP contribution is 2.54. The van der Waals surface area contributed by atoms with E-state index in [1.165, 1.54) is 12.0 Å². The Hall–Kier alpha value is -1.64. The number of hydrogen-bond acceptors (Lipinski definition) is 1. The molecule has 0 aromatic heterocycles. The number of benzene rings is 2. The second-order valence-corrected chi connectivity index (χ2v) is 9.11. The van der Waals surface area contributed by atoms with Gasteiger partial charge in [-0.3, -0.25) is 0 Å². The smallest absolute Gasteiger partial charge is 0.120 e. The summed E-state index contributed by atoms with van der Waals surface area (Å²) in [4.78, 5) is 0. The van der Waals surface area contributed by atoms with E-state index in [9.17, 15) is 5.11 Å². The molecule has 26 heavy (non-hydrogen) atoms. The highest BCUT2D eigenvalue weighted by atomic mass is 16.3. The van der Waals surface area contributed by atoms with Gasteiger partial charge in [0.1, 0.15) is 11.6 Å². The van der Waals surface area contributed by atoms with E-state index in [0.29, 0.717) is 5.92 Å². The summed E-state index contributed by atoms with van der Waals surface area (Å²) in [5.74, 6) is 0.917. The van der Waals surface area contributed by atoms with Crippen LogP contribution in [0.15, 0.2) is 60.7 Å². The number of nitrogens with zero attached hydrogens (tertiary/aromatic N) is 1. The van der Waals surface area contributed by atoms with Crippen molar-refractivity contribution < 1.29 is 9.59 Å². The average Bonchev–Trinajstić information content (AvgIpc) is 2.63. The topological polar surface area (TPSA) is 20.2 Å². The number of quaternary nitrogens is 1. The first kappa shape index (κ1) is 19.1. The van der Waals surface area contributed by atoms with E-state index in [0.717, 1.165) is 16.5 Å². The lowest BCUT2D eigenvalue weighted by Crippen LogP contribution is -2.55. The summed E-state index contributed by atoms with van der Waals surface area (Å²) in [5, 5.41) is 12.2. The quantitative estimate of drug-likeness (QED) is 0.768. The zero-order chi connectivity index (χ0) is 18.9. The molecule has 0 radical (unpaired) electrons. The summed E-state index contributed by atoms with van der Waals surface area (Å²) in [7, 11) is 6.77. The van der Waals surface area contributed by atoms with E-state index < -0.39 is 5.60 Å². The molecule has 1 aliphatic rings. The molecule has 0 saturated heterocycles. The van der Waals surface area contributed by atoms with Crippen LogP contribution in [-0.4, -0.2) is 30.7 Å². The van der Waals surface area contributed by atoms with Gasteiger partial charge in [-0.15, -0.1) is 0 Å². The highest BCUT2D eigenvalue weighted by Gasteiger charge is 2.54. The average molecular weight is 353 g/mol. The van der Waals surface area contributed by atoms with Gasteiger partial charge in [0.25, 0.3) is 0 Å². The highest BCUT2D eigenvalue weighted by molar-refractivity contribution is 5.28. The van der Waals surface area contributed by atoms with Crippen molar-refractivity contribution in [3.8, 4) is 0 Å². The predicted octanol–water partition coefficient (Wildman–Crippen LogP) is 5.00. The summed E-state index contributed by atoms with van der Waals surface area (Å²) in [6.07, 6.45) is 2.22. The molecule has 1 saturated carbocycles. The molecular weight excluding hydrogens is 318 g/mol. The van der Waals surface area contributed by atoms with Crippen LogP contribution in [0.5, 0.6) is 0 Å². The van der Waals surface area contributed by atoms with Gasteiger partial charge in [-0.2, -0.15) is 0 Å². The van der Waals surface area contributed by atoms with Gasteiger partial charge < -0.3 is 9.59 Å². The molecule has 1 fully saturated rings. The molecule has 1 unspecified atom stereocenters. The zero-order valence-corrected chi connectivity index (χ0v) is 16.9. The van der Waals surface area contributed by atoms with Crippen molar-refractivity contribution in [1.82, 2.24) is 0 Å². The third kappa shape index (κ3) is 3.33. The van der Waals surface area contributed by atoms with Gasteiger partial charge in [0.15, 0.2) is 0 Å². The van der Waals surface area contributed by atoms with E-state index in [4.69, 9.17) is 0 Å². The molecule has 2 aromatic carbocycles. The summed E-state index contributed by atoms with van der Waals surface area (Å²) >= 11 is 0. The van der Waals surface area contributed by atoms with Crippen molar-refractivity contribution in [3.05, 3.63) is 71.8 Å². The van der Waals surface area contributed by atoms with Gasteiger partial charge in [-0.1, -0.05) is 74.5 Å². The number of aliphatic hydroxyl groups is 1. The van der Waals surface area contributed by atoms with Gasteiger partial charge in [0.2, 0.25) is 0 Å². The van der Waals surface area contributed by atoms with Gasteiger partial charge in [0.05, 0.1) is 21.1 Å². The number of hydrogen-bond donors (Lipinski definition) is 1. The van der Waals surface area contributed by atoms with Crippen LogP contribution in [0, 0.1) is 17.8 Å². The molecule has 5 atom stereocenters. The Kier molecular flexibility index (Phi) is 5.28. The second-order valence-electron chi connectivity index (χ2n) is 9.11. The van der Waals surface area contributed by atoms with Gasteiger partial charge in [0, 0.05) is 11.5 Å². The molecule has 0 heterocycles. The van der Waals surface area contributed by atoms with Crippen molar-refractivity contribution >= 4 is 0 Å². The maximum Gasteiger partial charge on any atom is 0.120 e. The SMILES string of the molecule is C[C@H]1CCC([C@H](c2ccccc2)[N+](C)(C)C)[C@@](O)(c2ccccc2)[C@H]1C. The van der Waals surface area contributed by atoms with E-state index in [-0.39, 0.29) is 17.9 Å². The van der Waals surface area contributed by atoms with Crippen LogP contribution >= 0.6 is 0 Å². The molecule has 3 rings (SSSR count). The van der Waals surface area contributed by atoms with Crippen LogP contribution in [0.1, 0.15) is 43.9 Å². The molecule has 2 heteroatoms. The fourth-order valence-electron chi connectivity index (χ4n) is 5.13. The lowest BCUT2D eigenvalue weighted by atomic mass is 9.59. The van der Waals surface area contributed by atoms with Crippen LogP contribution in [0.4, 0.5) is 0 Å².